The molecule has 3 aromatic rings. The molecular formula is C21H15BrN2O. The summed E-state index contributed by atoms with van der Waals surface area (Å²) >= 11 is 3.40. The van der Waals surface area contributed by atoms with Crippen molar-refractivity contribution in [3.8, 4) is 0 Å². The van der Waals surface area contributed by atoms with Gasteiger partial charge >= 0.3 is 0 Å². The Morgan fingerprint density at radius 2 is 1.32 bits per heavy atom. The van der Waals surface area contributed by atoms with Gasteiger partial charge in [0.05, 0.1) is 6.21 Å². The van der Waals surface area contributed by atoms with E-state index in [0.29, 0.717) is 11.3 Å². The van der Waals surface area contributed by atoms with Gasteiger partial charge in [-0.1, -0.05) is 88.7 Å². The van der Waals surface area contributed by atoms with E-state index in [1.54, 1.807) is 18.3 Å². The molecule has 0 aromatic heterocycles. The van der Waals surface area contributed by atoms with Crippen LogP contribution in [-0.4, -0.2) is 17.7 Å². The molecule has 0 saturated carbocycles. The number of carbonyl (C=O) groups is 1. The largest absolute Gasteiger partial charge is 0.287 e. The maximum Gasteiger partial charge on any atom is 0.213 e. The predicted octanol–water partition coefficient (Wildman–Crippen LogP) is 5.16. The average molecular weight is 391 g/mol. The molecule has 0 aliphatic heterocycles. The Balaban J connectivity index is 1.94. The van der Waals surface area contributed by atoms with E-state index in [1.807, 2.05) is 72.8 Å². The van der Waals surface area contributed by atoms with Crippen molar-refractivity contribution in [3.63, 3.8) is 0 Å². The van der Waals surface area contributed by atoms with Gasteiger partial charge in [-0.25, -0.2) is 0 Å². The van der Waals surface area contributed by atoms with Crippen molar-refractivity contribution < 1.29 is 4.79 Å². The molecule has 3 nitrogen and oxygen atoms in total. The lowest BCUT2D eigenvalue weighted by Crippen LogP contribution is -2.15. The lowest BCUT2D eigenvalue weighted by Gasteiger charge is -2.04. The maximum atomic E-state index is 12.8. The minimum Gasteiger partial charge on any atom is -0.287 e. The predicted molar refractivity (Wildman–Crippen MR) is 105 cm³/mol. The molecule has 0 aliphatic carbocycles. The third kappa shape index (κ3) is 4.58. The number of hydrogen-bond acceptors (Lipinski definition) is 3. The molecule has 0 atom stereocenters. The fraction of sp³-hybridized carbons (Fsp3) is 0. The fourth-order valence-electron chi connectivity index (χ4n) is 2.26. The molecule has 0 spiro atoms. The molecule has 0 heterocycles. The number of nitrogens with zero attached hydrogens (tertiary/aromatic N) is 2. The van der Waals surface area contributed by atoms with Crippen LogP contribution in [0.2, 0.25) is 0 Å². The highest BCUT2D eigenvalue weighted by Gasteiger charge is 2.15. The topological polar surface area (TPSA) is 41.8 Å². The number of hydrogen-bond donors (Lipinski definition) is 0. The van der Waals surface area contributed by atoms with Gasteiger partial charge < -0.3 is 0 Å². The Morgan fingerprint density at radius 1 is 0.760 bits per heavy atom. The van der Waals surface area contributed by atoms with Crippen molar-refractivity contribution in [3.05, 3.63) is 106 Å². The summed E-state index contributed by atoms with van der Waals surface area (Å²) in [6.07, 6.45) is 1.63. The second kappa shape index (κ2) is 8.31. The Labute approximate surface area is 154 Å². The third-order valence-electron chi connectivity index (χ3n) is 3.53. The second-order valence-electron chi connectivity index (χ2n) is 5.31. The summed E-state index contributed by atoms with van der Waals surface area (Å²) in [7, 11) is 0. The van der Waals surface area contributed by atoms with Crippen LogP contribution in [0.1, 0.15) is 21.5 Å². The van der Waals surface area contributed by atoms with Gasteiger partial charge in [0.1, 0.15) is 5.71 Å². The van der Waals surface area contributed by atoms with Gasteiger partial charge in [0.25, 0.3) is 0 Å². The molecule has 0 bridgehead atoms. The summed E-state index contributed by atoms with van der Waals surface area (Å²) in [6, 6.07) is 26.2. The van der Waals surface area contributed by atoms with Crippen LogP contribution in [0, 0.1) is 0 Å². The van der Waals surface area contributed by atoms with Gasteiger partial charge in [-0.2, -0.15) is 5.10 Å². The minimum atomic E-state index is -0.153. The molecule has 0 amide bonds. The number of halogens is 1. The van der Waals surface area contributed by atoms with Crippen LogP contribution in [0.3, 0.4) is 0 Å². The van der Waals surface area contributed by atoms with E-state index in [0.717, 1.165) is 15.6 Å². The number of rotatable bonds is 5. The molecule has 4 heteroatoms. The molecule has 122 valence electrons. The first-order chi connectivity index (χ1) is 12.2. The highest BCUT2D eigenvalue weighted by molar-refractivity contribution is 9.10. The Bertz CT molecular complexity index is 902. The summed E-state index contributed by atoms with van der Waals surface area (Å²) in [5.74, 6) is -0.153. The molecule has 3 rings (SSSR count). The molecule has 0 radical (unpaired) electrons. The van der Waals surface area contributed by atoms with E-state index in [1.165, 1.54) is 0 Å². The Kier molecular flexibility index (Phi) is 5.65. The summed E-state index contributed by atoms with van der Waals surface area (Å²) in [5, 5.41) is 8.33. The SMILES string of the molecule is O=C(C(=NN=Cc1ccc(Br)cc1)c1ccccc1)c1ccccc1. The lowest BCUT2D eigenvalue weighted by molar-refractivity contribution is 0.106. The van der Waals surface area contributed by atoms with Crippen LogP contribution in [0.5, 0.6) is 0 Å². The maximum absolute atomic E-state index is 12.8. The number of carbonyl (C=O) groups excluding carboxylic acids is 1. The van der Waals surface area contributed by atoms with Crippen LogP contribution >= 0.6 is 15.9 Å². The molecule has 0 N–H and O–H groups in total. The van der Waals surface area contributed by atoms with Gasteiger partial charge in [-0.05, 0) is 17.7 Å². The van der Waals surface area contributed by atoms with E-state index in [2.05, 4.69) is 26.1 Å². The minimum absolute atomic E-state index is 0.153. The molecular weight excluding hydrogens is 376 g/mol. The monoisotopic (exact) mass is 390 g/mol. The number of Topliss-reactive ketones (excluding diaryl/α,β-unsaturated/α-hetero) is 1. The lowest BCUT2D eigenvalue weighted by atomic mass is 10.0. The molecule has 3 aromatic carbocycles. The zero-order chi connectivity index (χ0) is 17.5. The highest BCUT2D eigenvalue weighted by Crippen LogP contribution is 2.11. The molecule has 0 fully saturated rings. The Hall–Kier alpha value is -2.85. The quantitative estimate of drug-likeness (QED) is 0.337. The van der Waals surface area contributed by atoms with Crippen molar-refractivity contribution in [1.29, 1.82) is 0 Å². The van der Waals surface area contributed by atoms with Gasteiger partial charge in [0.15, 0.2) is 0 Å². The van der Waals surface area contributed by atoms with Crippen molar-refractivity contribution in [2.45, 2.75) is 0 Å². The average Bonchev–Trinajstić information content (AvgIpc) is 2.67. The standard InChI is InChI=1S/C21H15BrN2O/c22-19-13-11-16(12-14-19)15-23-24-20(17-7-3-1-4-8-17)21(25)18-9-5-2-6-10-18/h1-15H. The second-order valence-corrected chi connectivity index (χ2v) is 6.22. The Morgan fingerprint density at radius 3 is 1.92 bits per heavy atom. The fourth-order valence-corrected chi connectivity index (χ4v) is 2.52. The van der Waals surface area contributed by atoms with Crippen LogP contribution in [0.15, 0.2) is 99.6 Å². The molecule has 0 unspecified atom stereocenters. The van der Waals surface area contributed by atoms with Crippen LogP contribution < -0.4 is 0 Å². The molecule has 0 aliphatic rings. The van der Waals surface area contributed by atoms with Gasteiger partial charge in [0, 0.05) is 15.6 Å². The summed E-state index contributed by atoms with van der Waals surface area (Å²) in [5.41, 5.74) is 2.56. The summed E-state index contributed by atoms with van der Waals surface area (Å²) < 4.78 is 0.998. The normalized spacial score (nSPS) is 11.6. The zero-order valence-corrected chi connectivity index (χ0v) is 14.9. The van der Waals surface area contributed by atoms with E-state index in [9.17, 15) is 4.79 Å². The molecule has 0 saturated heterocycles. The van der Waals surface area contributed by atoms with Gasteiger partial charge in [-0.15, -0.1) is 5.10 Å². The third-order valence-corrected chi connectivity index (χ3v) is 4.06. The van der Waals surface area contributed by atoms with Gasteiger partial charge in [-0.3, -0.25) is 4.79 Å². The van der Waals surface area contributed by atoms with E-state index >= 15 is 0 Å². The summed E-state index contributed by atoms with van der Waals surface area (Å²) in [4.78, 5) is 12.8. The van der Waals surface area contributed by atoms with Crippen LogP contribution in [0.25, 0.3) is 0 Å². The first-order valence-electron chi connectivity index (χ1n) is 7.76. The highest BCUT2D eigenvalue weighted by atomic mass is 79.9. The molecule has 25 heavy (non-hydrogen) atoms. The summed E-state index contributed by atoms with van der Waals surface area (Å²) in [6.45, 7) is 0. The van der Waals surface area contributed by atoms with Crippen LogP contribution in [-0.2, 0) is 0 Å². The van der Waals surface area contributed by atoms with Crippen molar-refractivity contribution >= 4 is 33.6 Å². The van der Waals surface area contributed by atoms with Crippen LogP contribution in [0.4, 0.5) is 0 Å². The smallest absolute Gasteiger partial charge is 0.213 e. The van der Waals surface area contributed by atoms with E-state index in [-0.39, 0.29) is 5.78 Å². The zero-order valence-electron chi connectivity index (χ0n) is 13.3. The van der Waals surface area contributed by atoms with E-state index < -0.39 is 0 Å². The van der Waals surface area contributed by atoms with Gasteiger partial charge in [0.2, 0.25) is 5.78 Å². The van der Waals surface area contributed by atoms with Crippen molar-refractivity contribution in [2.24, 2.45) is 10.2 Å². The van der Waals surface area contributed by atoms with Crippen molar-refractivity contribution in [1.82, 2.24) is 0 Å². The number of ketones is 1. The number of benzene rings is 3. The van der Waals surface area contributed by atoms with E-state index in [4.69, 9.17) is 0 Å². The first kappa shape index (κ1) is 17.0. The first-order valence-corrected chi connectivity index (χ1v) is 8.55. The van der Waals surface area contributed by atoms with Crippen molar-refractivity contribution in [2.75, 3.05) is 0 Å².